The fourth-order valence-electron chi connectivity index (χ4n) is 1.71. The molecule has 0 aliphatic heterocycles. The highest BCUT2D eigenvalue weighted by Gasteiger charge is 2.19. The summed E-state index contributed by atoms with van der Waals surface area (Å²) in [6.45, 7) is 4.17. The van der Waals surface area contributed by atoms with Gasteiger partial charge in [-0.2, -0.15) is 0 Å². The highest BCUT2D eigenvalue weighted by Crippen LogP contribution is 2.24. The van der Waals surface area contributed by atoms with E-state index in [9.17, 15) is 9.18 Å². The highest BCUT2D eigenvalue weighted by atomic mass is 32.2. The van der Waals surface area contributed by atoms with Crippen LogP contribution in [0.4, 0.5) is 4.39 Å². The number of aromatic nitrogens is 3. The number of halogens is 1. The first kappa shape index (κ1) is 15.3. The van der Waals surface area contributed by atoms with E-state index in [1.807, 2.05) is 6.92 Å². The molecule has 2 aromatic rings. The zero-order valence-electron chi connectivity index (χ0n) is 11.7. The molecule has 0 aliphatic carbocycles. The molecule has 0 radical (unpaired) electrons. The van der Waals surface area contributed by atoms with Gasteiger partial charge >= 0.3 is 0 Å². The van der Waals surface area contributed by atoms with Crippen molar-refractivity contribution in [2.24, 2.45) is 0 Å². The molecule has 112 valence electrons. The van der Waals surface area contributed by atoms with Crippen LogP contribution in [-0.4, -0.2) is 32.6 Å². The lowest BCUT2D eigenvalue weighted by atomic mass is 10.2. The van der Waals surface area contributed by atoms with Crippen molar-refractivity contribution >= 4 is 17.7 Å². The van der Waals surface area contributed by atoms with Gasteiger partial charge in [0.15, 0.2) is 5.82 Å². The van der Waals surface area contributed by atoms with Crippen LogP contribution in [0.5, 0.6) is 0 Å². The van der Waals surface area contributed by atoms with E-state index in [2.05, 4.69) is 15.5 Å². The molecule has 0 saturated heterocycles. The molecule has 8 heteroatoms. The monoisotopic (exact) mass is 309 g/mol. The fraction of sp³-hybridized carbons (Fsp3) is 0.308. The van der Waals surface area contributed by atoms with Gasteiger partial charge in [-0.1, -0.05) is 23.9 Å². The van der Waals surface area contributed by atoms with E-state index in [1.54, 1.807) is 19.1 Å². The van der Waals surface area contributed by atoms with Crippen LogP contribution in [0.1, 0.15) is 13.8 Å². The predicted octanol–water partition coefficient (Wildman–Crippen LogP) is 1.41. The third kappa shape index (κ3) is 3.52. The second kappa shape index (κ2) is 6.57. The minimum Gasteiger partial charge on any atom is -0.355 e. The molecular weight excluding hydrogens is 293 g/mol. The Hall–Kier alpha value is -2.09. The van der Waals surface area contributed by atoms with Gasteiger partial charge in [0, 0.05) is 12.1 Å². The van der Waals surface area contributed by atoms with Gasteiger partial charge in [0.05, 0.1) is 5.25 Å². The van der Waals surface area contributed by atoms with Crippen molar-refractivity contribution in [2.45, 2.75) is 24.3 Å². The number of hydrogen-bond donors (Lipinski definition) is 2. The molecular formula is C13H16FN5OS. The first-order chi connectivity index (χ1) is 10.0. The summed E-state index contributed by atoms with van der Waals surface area (Å²) in [7, 11) is 0. The molecule has 1 amide bonds. The Morgan fingerprint density at radius 2 is 2.29 bits per heavy atom. The largest absolute Gasteiger partial charge is 0.355 e. The van der Waals surface area contributed by atoms with Gasteiger partial charge in [-0.15, -0.1) is 10.2 Å². The molecule has 0 fully saturated rings. The number of hydrogen-bond acceptors (Lipinski definition) is 5. The molecule has 1 atom stereocenters. The maximum absolute atomic E-state index is 13.2. The standard InChI is InChI=1S/C13H16FN5OS/c1-3-16-12(20)8(2)21-13-18-17-11(19(13)15)9-5-4-6-10(14)7-9/h4-8H,3,15H2,1-2H3,(H,16,20)/t8-/m1/s1. The molecule has 0 spiro atoms. The summed E-state index contributed by atoms with van der Waals surface area (Å²) in [6.07, 6.45) is 0. The van der Waals surface area contributed by atoms with E-state index in [4.69, 9.17) is 5.84 Å². The van der Waals surface area contributed by atoms with Gasteiger partial charge in [-0.25, -0.2) is 9.07 Å². The lowest BCUT2D eigenvalue weighted by Gasteiger charge is -2.10. The molecule has 2 rings (SSSR count). The number of carbonyl (C=O) groups excluding carboxylic acids is 1. The number of thioether (sulfide) groups is 1. The number of benzene rings is 1. The van der Waals surface area contributed by atoms with E-state index >= 15 is 0 Å². The number of nitrogens with zero attached hydrogens (tertiary/aromatic N) is 3. The smallest absolute Gasteiger partial charge is 0.233 e. The van der Waals surface area contributed by atoms with Crippen LogP contribution in [0, 0.1) is 5.82 Å². The molecule has 1 heterocycles. The van der Waals surface area contributed by atoms with E-state index in [0.717, 1.165) is 0 Å². The number of nitrogen functional groups attached to an aromatic ring is 1. The van der Waals surface area contributed by atoms with Crippen LogP contribution >= 0.6 is 11.8 Å². The third-order valence-corrected chi connectivity index (χ3v) is 3.81. The Kier molecular flexibility index (Phi) is 4.79. The van der Waals surface area contributed by atoms with Crippen molar-refractivity contribution in [2.75, 3.05) is 12.4 Å². The fourth-order valence-corrected chi connectivity index (χ4v) is 2.51. The van der Waals surface area contributed by atoms with E-state index < -0.39 is 0 Å². The normalized spacial score (nSPS) is 12.1. The number of nitrogens with two attached hydrogens (primary N) is 1. The van der Waals surface area contributed by atoms with Gasteiger partial charge in [-0.3, -0.25) is 4.79 Å². The molecule has 0 aliphatic rings. The zero-order valence-corrected chi connectivity index (χ0v) is 12.5. The van der Waals surface area contributed by atoms with Crippen LogP contribution in [0.25, 0.3) is 11.4 Å². The summed E-state index contributed by atoms with van der Waals surface area (Å²) >= 11 is 1.20. The Labute approximate surface area is 125 Å². The summed E-state index contributed by atoms with van der Waals surface area (Å²) in [5.41, 5.74) is 0.530. The average molecular weight is 309 g/mol. The first-order valence-corrected chi connectivity index (χ1v) is 7.31. The quantitative estimate of drug-likeness (QED) is 0.644. The third-order valence-electron chi connectivity index (χ3n) is 2.75. The van der Waals surface area contributed by atoms with Gasteiger partial charge in [0.2, 0.25) is 11.1 Å². The Bertz CT molecular complexity index is 645. The van der Waals surface area contributed by atoms with E-state index in [-0.39, 0.29) is 17.0 Å². The summed E-state index contributed by atoms with van der Waals surface area (Å²) in [5.74, 6) is 5.80. The maximum atomic E-state index is 13.2. The van der Waals surface area contributed by atoms with Crippen molar-refractivity contribution in [3.8, 4) is 11.4 Å². The molecule has 1 aromatic heterocycles. The van der Waals surface area contributed by atoms with E-state index in [1.165, 1.54) is 28.6 Å². The molecule has 3 N–H and O–H groups in total. The number of amides is 1. The summed E-state index contributed by atoms with van der Waals surface area (Å²) < 4.78 is 14.5. The van der Waals surface area contributed by atoms with Crippen LogP contribution in [0.3, 0.4) is 0 Å². The molecule has 0 bridgehead atoms. The van der Waals surface area contributed by atoms with E-state index in [0.29, 0.717) is 23.1 Å². The second-order valence-electron chi connectivity index (χ2n) is 4.34. The molecule has 1 aromatic carbocycles. The van der Waals surface area contributed by atoms with Crippen LogP contribution in [0.2, 0.25) is 0 Å². The Morgan fingerprint density at radius 1 is 1.52 bits per heavy atom. The van der Waals surface area contributed by atoms with Crippen LogP contribution < -0.4 is 11.2 Å². The number of carbonyl (C=O) groups is 1. The minimum atomic E-state index is -0.375. The summed E-state index contributed by atoms with van der Waals surface area (Å²) in [6, 6.07) is 5.93. The maximum Gasteiger partial charge on any atom is 0.233 e. The van der Waals surface area contributed by atoms with Crippen molar-refractivity contribution in [3.05, 3.63) is 30.1 Å². The van der Waals surface area contributed by atoms with Gasteiger partial charge < -0.3 is 11.2 Å². The lowest BCUT2D eigenvalue weighted by Crippen LogP contribution is -2.31. The van der Waals surface area contributed by atoms with Gasteiger partial charge in [-0.05, 0) is 26.0 Å². The average Bonchev–Trinajstić information content (AvgIpc) is 2.80. The Balaban J connectivity index is 2.19. The molecule has 6 nitrogen and oxygen atoms in total. The number of nitrogens with one attached hydrogen (secondary N) is 1. The molecule has 0 saturated carbocycles. The second-order valence-corrected chi connectivity index (χ2v) is 5.65. The van der Waals surface area contributed by atoms with Crippen molar-refractivity contribution in [3.63, 3.8) is 0 Å². The minimum absolute atomic E-state index is 0.0993. The SMILES string of the molecule is CCNC(=O)[C@@H](C)Sc1nnc(-c2cccc(F)c2)n1N. The Morgan fingerprint density at radius 3 is 2.95 bits per heavy atom. The summed E-state index contributed by atoms with van der Waals surface area (Å²) in [4.78, 5) is 11.7. The van der Waals surface area contributed by atoms with Gasteiger partial charge in [0.25, 0.3) is 0 Å². The van der Waals surface area contributed by atoms with Crippen molar-refractivity contribution in [1.82, 2.24) is 20.2 Å². The zero-order chi connectivity index (χ0) is 15.4. The molecule has 21 heavy (non-hydrogen) atoms. The number of rotatable bonds is 5. The highest BCUT2D eigenvalue weighted by molar-refractivity contribution is 8.00. The lowest BCUT2D eigenvalue weighted by molar-refractivity contribution is -0.120. The first-order valence-electron chi connectivity index (χ1n) is 6.43. The van der Waals surface area contributed by atoms with Crippen LogP contribution in [-0.2, 0) is 4.79 Å². The topological polar surface area (TPSA) is 85.8 Å². The van der Waals surface area contributed by atoms with Crippen LogP contribution in [0.15, 0.2) is 29.4 Å². The van der Waals surface area contributed by atoms with Gasteiger partial charge in [0.1, 0.15) is 5.82 Å². The van der Waals surface area contributed by atoms with Crippen molar-refractivity contribution in [1.29, 1.82) is 0 Å². The predicted molar refractivity (Wildman–Crippen MR) is 79.6 cm³/mol. The summed E-state index contributed by atoms with van der Waals surface area (Å²) in [5, 5.41) is 10.7. The molecule has 0 unspecified atom stereocenters. The van der Waals surface area contributed by atoms with Crippen molar-refractivity contribution < 1.29 is 9.18 Å².